The minimum Gasteiger partial charge on any atom is -0.376 e. The molecule has 0 aliphatic carbocycles. The zero-order valence-corrected chi connectivity index (χ0v) is 12.3. The van der Waals surface area contributed by atoms with Gasteiger partial charge in [-0.2, -0.15) is 0 Å². The molecule has 1 saturated heterocycles. The molecule has 3 heteroatoms. The highest BCUT2D eigenvalue weighted by Gasteiger charge is 2.25. The molecule has 1 aliphatic heterocycles. The average Bonchev–Trinajstić information content (AvgIpc) is 2.29. The largest absolute Gasteiger partial charge is 0.376 e. The van der Waals surface area contributed by atoms with E-state index in [1.54, 1.807) is 0 Å². The van der Waals surface area contributed by atoms with Crippen molar-refractivity contribution in [1.29, 1.82) is 0 Å². The number of nitrogens with zero attached hydrogens (tertiary/aromatic N) is 1. The van der Waals surface area contributed by atoms with Crippen LogP contribution in [0.15, 0.2) is 0 Å². The zero-order chi connectivity index (χ0) is 12.9. The van der Waals surface area contributed by atoms with Gasteiger partial charge in [0.1, 0.15) is 0 Å². The van der Waals surface area contributed by atoms with Gasteiger partial charge in [-0.25, -0.2) is 0 Å². The molecule has 0 radical (unpaired) electrons. The average molecular weight is 242 g/mol. The molecule has 0 bridgehead atoms. The summed E-state index contributed by atoms with van der Waals surface area (Å²) in [6.07, 6.45) is 2.77. The lowest BCUT2D eigenvalue weighted by Gasteiger charge is -2.39. The van der Waals surface area contributed by atoms with Crippen molar-refractivity contribution in [2.75, 3.05) is 26.2 Å². The fourth-order valence-corrected chi connectivity index (χ4v) is 2.28. The van der Waals surface area contributed by atoms with E-state index in [4.69, 9.17) is 4.74 Å². The van der Waals surface area contributed by atoms with Crippen LogP contribution < -0.4 is 5.32 Å². The Kier molecular flexibility index (Phi) is 5.90. The summed E-state index contributed by atoms with van der Waals surface area (Å²) in [4.78, 5) is 2.59. The predicted octanol–water partition coefficient (Wildman–Crippen LogP) is 2.26. The molecular weight excluding hydrogens is 212 g/mol. The molecule has 2 unspecified atom stereocenters. The van der Waals surface area contributed by atoms with Gasteiger partial charge in [-0.3, -0.25) is 4.90 Å². The minimum atomic E-state index is 0.212. The van der Waals surface area contributed by atoms with Crippen LogP contribution in [0.25, 0.3) is 0 Å². The molecule has 2 atom stereocenters. The summed E-state index contributed by atoms with van der Waals surface area (Å²) in [6.45, 7) is 15.3. The van der Waals surface area contributed by atoms with E-state index in [0.29, 0.717) is 12.1 Å². The second-order valence-corrected chi connectivity index (χ2v) is 6.09. The Bertz CT molecular complexity index is 213. The van der Waals surface area contributed by atoms with Crippen molar-refractivity contribution >= 4 is 0 Å². The summed E-state index contributed by atoms with van der Waals surface area (Å²) >= 11 is 0. The maximum atomic E-state index is 5.74. The fourth-order valence-electron chi connectivity index (χ4n) is 2.28. The second-order valence-electron chi connectivity index (χ2n) is 6.09. The number of hydrogen-bond acceptors (Lipinski definition) is 3. The van der Waals surface area contributed by atoms with E-state index in [-0.39, 0.29) is 5.54 Å². The van der Waals surface area contributed by atoms with Crippen LogP contribution in [-0.2, 0) is 4.74 Å². The lowest BCUT2D eigenvalue weighted by Crippen LogP contribution is -2.52. The molecule has 1 N–H and O–H groups in total. The summed E-state index contributed by atoms with van der Waals surface area (Å²) in [5.74, 6) is 0. The van der Waals surface area contributed by atoms with Crippen molar-refractivity contribution in [3.05, 3.63) is 0 Å². The van der Waals surface area contributed by atoms with Crippen LogP contribution in [0.1, 0.15) is 47.5 Å². The molecule has 3 nitrogen and oxygen atoms in total. The molecular formula is C14H30N2O. The summed E-state index contributed by atoms with van der Waals surface area (Å²) in [5, 5.41) is 3.62. The number of rotatable bonds is 5. The highest BCUT2D eigenvalue weighted by atomic mass is 16.5. The lowest BCUT2D eigenvalue weighted by molar-refractivity contribution is -0.0451. The van der Waals surface area contributed by atoms with Crippen LogP contribution in [0.3, 0.4) is 0 Å². The quantitative estimate of drug-likeness (QED) is 0.800. The molecule has 0 saturated carbocycles. The number of morpholine rings is 1. The van der Waals surface area contributed by atoms with E-state index in [0.717, 1.165) is 32.7 Å². The van der Waals surface area contributed by atoms with Crippen molar-refractivity contribution < 1.29 is 4.74 Å². The molecule has 0 aromatic rings. The summed E-state index contributed by atoms with van der Waals surface area (Å²) in [7, 11) is 0. The highest BCUT2D eigenvalue weighted by Crippen LogP contribution is 2.13. The predicted molar refractivity (Wildman–Crippen MR) is 73.4 cm³/mol. The Balaban J connectivity index is 2.43. The molecule has 0 spiro atoms. The SMILES string of the molecule is CCC1CN(C(CC)CNC(C)(C)C)CCO1. The van der Waals surface area contributed by atoms with E-state index in [2.05, 4.69) is 44.8 Å². The molecule has 102 valence electrons. The Morgan fingerprint density at radius 2 is 2.06 bits per heavy atom. The number of hydrogen-bond donors (Lipinski definition) is 1. The topological polar surface area (TPSA) is 24.5 Å². The van der Waals surface area contributed by atoms with E-state index in [9.17, 15) is 0 Å². The first-order chi connectivity index (χ1) is 7.96. The van der Waals surface area contributed by atoms with Gasteiger partial charge in [0, 0.05) is 31.2 Å². The van der Waals surface area contributed by atoms with Crippen LogP contribution in [-0.4, -0.2) is 48.8 Å². The monoisotopic (exact) mass is 242 g/mol. The van der Waals surface area contributed by atoms with Gasteiger partial charge in [0.05, 0.1) is 12.7 Å². The second kappa shape index (κ2) is 6.72. The summed E-state index contributed by atoms with van der Waals surface area (Å²) < 4.78 is 5.74. The number of nitrogens with one attached hydrogen (secondary N) is 1. The molecule has 1 aliphatic rings. The van der Waals surface area contributed by atoms with Crippen molar-refractivity contribution in [1.82, 2.24) is 10.2 Å². The van der Waals surface area contributed by atoms with Crippen LogP contribution >= 0.6 is 0 Å². The summed E-state index contributed by atoms with van der Waals surface area (Å²) in [5.41, 5.74) is 0.212. The van der Waals surface area contributed by atoms with Gasteiger partial charge in [0.15, 0.2) is 0 Å². The van der Waals surface area contributed by atoms with Crippen molar-refractivity contribution in [2.45, 2.75) is 65.1 Å². The van der Waals surface area contributed by atoms with E-state index < -0.39 is 0 Å². The first-order valence-corrected chi connectivity index (χ1v) is 7.07. The summed E-state index contributed by atoms with van der Waals surface area (Å²) in [6, 6.07) is 0.646. The van der Waals surface area contributed by atoms with Gasteiger partial charge in [0.2, 0.25) is 0 Å². The van der Waals surface area contributed by atoms with Gasteiger partial charge in [0.25, 0.3) is 0 Å². The van der Waals surface area contributed by atoms with Gasteiger partial charge in [-0.05, 0) is 33.6 Å². The van der Waals surface area contributed by atoms with Crippen LogP contribution in [0.2, 0.25) is 0 Å². The van der Waals surface area contributed by atoms with Crippen LogP contribution in [0.5, 0.6) is 0 Å². The normalized spacial score (nSPS) is 24.9. The van der Waals surface area contributed by atoms with Crippen molar-refractivity contribution in [3.63, 3.8) is 0 Å². The van der Waals surface area contributed by atoms with Crippen molar-refractivity contribution in [3.8, 4) is 0 Å². The number of ether oxygens (including phenoxy) is 1. The third kappa shape index (κ3) is 5.36. The third-order valence-electron chi connectivity index (χ3n) is 3.48. The molecule has 0 aromatic heterocycles. The highest BCUT2D eigenvalue weighted by molar-refractivity contribution is 4.81. The van der Waals surface area contributed by atoms with E-state index >= 15 is 0 Å². The maximum absolute atomic E-state index is 5.74. The minimum absolute atomic E-state index is 0.212. The maximum Gasteiger partial charge on any atom is 0.0700 e. The molecule has 1 rings (SSSR count). The standard InChI is InChI=1S/C14H30N2O/c1-6-12(10-15-14(3,4)5)16-8-9-17-13(7-2)11-16/h12-13,15H,6-11H2,1-5H3. The van der Waals surface area contributed by atoms with Crippen LogP contribution in [0.4, 0.5) is 0 Å². The molecule has 17 heavy (non-hydrogen) atoms. The van der Waals surface area contributed by atoms with E-state index in [1.165, 1.54) is 6.42 Å². The Hall–Kier alpha value is -0.120. The first-order valence-electron chi connectivity index (χ1n) is 7.07. The fraction of sp³-hybridized carbons (Fsp3) is 1.00. The zero-order valence-electron chi connectivity index (χ0n) is 12.3. The van der Waals surface area contributed by atoms with Gasteiger partial charge in [-0.15, -0.1) is 0 Å². The Morgan fingerprint density at radius 3 is 2.59 bits per heavy atom. The third-order valence-corrected chi connectivity index (χ3v) is 3.48. The van der Waals surface area contributed by atoms with Gasteiger partial charge in [-0.1, -0.05) is 13.8 Å². The smallest absolute Gasteiger partial charge is 0.0700 e. The van der Waals surface area contributed by atoms with Gasteiger partial charge >= 0.3 is 0 Å². The molecule has 1 fully saturated rings. The Morgan fingerprint density at radius 1 is 1.35 bits per heavy atom. The van der Waals surface area contributed by atoms with Gasteiger partial charge < -0.3 is 10.1 Å². The van der Waals surface area contributed by atoms with E-state index in [1.807, 2.05) is 0 Å². The Labute approximate surface area is 107 Å². The lowest BCUT2D eigenvalue weighted by atomic mass is 10.1. The molecule has 0 aromatic carbocycles. The van der Waals surface area contributed by atoms with Crippen LogP contribution in [0, 0.1) is 0 Å². The first kappa shape index (κ1) is 14.9. The molecule has 0 amide bonds. The van der Waals surface area contributed by atoms with Crippen molar-refractivity contribution in [2.24, 2.45) is 0 Å². The molecule has 1 heterocycles.